The van der Waals surface area contributed by atoms with E-state index in [4.69, 9.17) is 19.7 Å². The van der Waals surface area contributed by atoms with Crippen LogP contribution >= 0.6 is 0 Å². The molecule has 3 heterocycles. The molecule has 2 aromatic heterocycles. The second kappa shape index (κ2) is 11.2. The number of hydrogen-bond acceptors (Lipinski definition) is 4. The third kappa shape index (κ3) is 4.51. The van der Waals surface area contributed by atoms with Gasteiger partial charge in [0.05, 0.1) is 11.0 Å². The highest BCUT2D eigenvalue weighted by Crippen LogP contribution is 2.55. The molecule has 5 nitrogen and oxygen atoms in total. The third-order valence-corrected chi connectivity index (χ3v) is 10.3. The van der Waals surface area contributed by atoms with Gasteiger partial charge in [0.2, 0.25) is 0 Å². The quantitative estimate of drug-likeness (QED) is 0.189. The summed E-state index contributed by atoms with van der Waals surface area (Å²) in [5, 5.41) is 4.82. The van der Waals surface area contributed by atoms with Crippen molar-refractivity contribution in [3.05, 3.63) is 169 Å². The van der Waals surface area contributed by atoms with Gasteiger partial charge in [-0.05, 0) is 47.2 Å². The molecule has 0 unspecified atom stereocenters. The molecule has 7 aromatic carbocycles. The molecule has 0 bridgehead atoms. The van der Waals surface area contributed by atoms with Crippen LogP contribution in [0.5, 0.6) is 11.5 Å². The number of hydrogen-bond donors (Lipinski definition) is 0. The summed E-state index contributed by atoms with van der Waals surface area (Å²) in [5.41, 5.74) is 8.14. The van der Waals surface area contributed by atoms with Crippen LogP contribution < -0.4 is 4.74 Å². The van der Waals surface area contributed by atoms with Crippen molar-refractivity contribution in [1.82, 2.24) is 19.5 Å². The first kappa shape index (κ1) is 29.3. The minimum atomic E-state index is -0.283. The number of fused-ring (bicyclic) bond motifs is 9. The lowest BCUT2D eigenvalue weighted by molar-refractivity contribution is 0.424. The molecule has 1 aliphatic rings. The number of aromatic nitrogens is 4. The highest BCUT2D eigenvalue weighted by atomic mass is 16.5. The molecule has 0 amide bonds. The highest BCUT2D eigenvalue weighted by molar-refractivity contribution is 6.24. The van der Waals surface area contributed by atoms with Crippen LogP contribution in [0.2, 0.25) is 0 Å². The van der Waals surface area contributed by atoms with Crippen LogP contribution in [-0.2, 0) is 5.41 Å². The summed E-state index contributed by atoms with van der Waals surface area (Å²) >= 11 is 0. The number of benzene rings is 7. The van der Waals surface area contributed by atoms with Crippen molar-refractivity contribution in [2.24, 2.45) is 0 Å². The topological polar surface area (TPSA) is 52.8 Å². The molecule has 10 rings (SSSR count). The monoisotopic (exact) mass is 656 g/mol. The zero-order chi connectivity index (χ0) is 34.1. The Bertz CT molecular complexity index is 2730. The lowest BCUT2D eigenvalue weighted by Crippen LogP contribution is -2.25. The Morgan fingerprint density at radius 3 is 1.65 bits per heavy atom. The molecule has 1 aliphatic heterocycles. The van der Waals surface area contributed by atoms with Crippen LogP contribution in [0.1, 0.15) is 25.0 Å². The lowest BCUT2D eigenvalue weighted by Gasteiger charge is -2.36. The summed E-state index contributed by atoms with van der Waals surface area (Å²) in [6, 6.07) is 54.6. The average Bonchev–Trinajstić information content (AvgIpc) is 3.54. The van der Waals surface area contributed by atoms with Gasteiger partial charge >= 0.3 is 0 Å². The molecule has 0 radical (unpaired) electrons. The van der Waals surface area contributed by atoms with E-state index in [0.29, 0.717) is 17.5 Å². The fourth-order valence-corrected chi connectivity index (χ4v) is 7.89. The fraction of sp³-hybridized carbons (Fsp3) is 0.0652. The molecule has 242 valence electrons. The molecule has 0 atom stereocenters. The van der Waals surface area contributed by atoms with E-state index in [1.807, 2.05) is 60.7 Å². The van der Waals surface area contributed by atoms with Crippen LogP contribution in [-0.4, -0.2) is 19.5 Å². The van der Waals surface area contributed by atoms with Crippen molar-refractivity contribution < 1.29 is 4.74 Å². The van der Waals surface area contributed by atoms with E-state index in [-0.39, 0.29) is 5.41 Å². The minimum Gasteiger partial charge on any atom is -0.454 e. The van der Waals surface area contributed by atoms with Crippen molar-refractivity contribution >= 4 is 32.6 Å². The van der Waals surface area contributed by atoms with Gasteiger partial charge in [-0.2, -0.15) is 0 Å². The summed E-state index contributed by atoms with van der Waals surface area (Å²) in [4.78, 5) is 14.8. The molecular weight excluding hydrogens is 625 g/mol. The Kier molecular flexibility index (Phi) is 6.46. The van der Waals surface area contributed by atoms with Crippen LogP contribution in [0.25, 0.3) is 72.4 Å². The van der Waals surface area contributed by atoms with Gasteiger partial charge in [-0.3, -0.25) is 0 Å². The zero-order valence-electron chi connectivity index (χ0n) is 28.2. The molecule has 0 aliphatic carbocycles. The van der Waals surface area contributed by atoms with Gasteiger partial charge in [0.15, 0.2) is 23.2 Å². The summed E-state index contributed by atoms with van der Waals surface area (Å²) < 4.78 is 9.34. The lowest BCUT2D eigenvalue weighted by atomic mass is 9.73. The number of ether oxygens (including phenoxy) is 1. The first-order chi connectivity index (χ1) is 25.1. The van der Waals surface area contributed by atoms with E-state index in [1.165, 1.54) is 32.7 Å². The van der Waals surface area contributed by atoms with Crippen LogP contribution in [0.4, 0.5) is 0 Å². The van der Waals surface area contributed by atoms with E-state index in [9.17, 15) is 0 Å². The Hall–Kier alpha value is -6.59. The van der Waals surface area contributed by atoms with E-state index in [1.54, 1.807) is 0 Å². The Morgan fingerprint density at radius 2 is 1.00 bits per heavy atom. The zero-order valence-corrected chi connectivity index (χ0v) is 28.2. The highest BCUT2D eigenvalue weighted by Gasteiger charge is 2.38. The Balaban J connectivity index is 1.21. The molecule has 9 aromatic rings. The van der Waals surface area contributed by atoms with Crippen molar-refractivity contribution in [2.45, 2.75) is 19.3 Å². The average molecular weight is 657 g/mol. The second-order valence-corrected chi connectivity index (χ2v) is 13.6. The molecule has 5 heteroatoms. The van der Waals surface area contributed by atoms with Crippen molar-refractivity contribution in [1.29, 1.82) is 0 Å². The molecular formula is C46H32N4O. The minimum absolute atomic E-state index is 0.283. The third-order valence-electron chi connectivity index (χ3n) is 10.3. The number of rotatable bonds is 4. The maximum atomic E-state index is 6.98. The molecule has 0 N–H and O–H groups in total. The Labute approximate surface area is 295 Å². The van der Waals surface area contributed by atoms with Gasteiger partial charge in [-0.15, -0.1) is 0 Å². The maximum Gasteiger partial charge on any atom is 0.164 e. The smallest absolute Gasteiger partial charge is 0.164 e. The predicted octanol–water partition coefficient (Wildman–Crippen LogP) is 11.6. The largest absolute Gasteiger partial charge is 0.454 e. The second-order valence-electron chi connectivity index (χ2n) is 13.6. The van der Waals surface area contributed by atoms with Crippen LogP contribution in [0, 0.1) is 0 Å². The number of para-hydroxylation sites is 2. The molecule has 0 saturated carbocycles. The molecule has 0 saturated heterocycles. The van der Waals surface area contributed by atoms with Crippen molar-refractivity contribution in [2.75, 3.05) is 0 Å². The van der Waals surface area contributed by atoms with Gasteiger partial charge in [0, 0.05) is 49.7 Å². The van der Waals surface area contributed by atoms with E-state index in [2.05, 4.69) is 115 Å². The van der Waals surface area contributed by atoms with Crippen molar-refractivity contribution in [3.63, 3.8) is 0 Å². The molecule has 0 fully saturated rings. The summed E-state index contributed by atoms with van der Waals surface area (Å²) in [7, 11) is 0. The summed E-state index contributed by atoms with van der Waals surface area (Å²) in [5.74, 6) is 3.72. The van der Waals surface area contributed by atoms with Crippen molar-refractivity contribution in [3.8, 4) is 51.3 Å². The van der Waals surface area contributed by atoms with Gasteiger partial charge in [0.1, 0.15) is 5.75 Å². The standard InChI is InChI=1S/C46H32N4O/c1-46(2)36-22-12-14-24-38(36)51-42-40(46)34-20-10-9-19-33(34)39-35-21-11-13-23-37(35)50(41(39)42)32-27-25-31(26-28-32)45-48-43(29-15-5-3-6-16-29)47-44(49-45)30-17-7-4-8-18-30/h3-28H,1-2H3. The maximum absolute atomic E-state index is 6.98. The molecule has 51 heavy (non-hydrogen) atoms. The fourth-order valence-electron chi connectivity index (χ4n) is 7.89. The number of nitrogens with zero attached hydrogens (tertiary/aromatic N) is 4. The normalized spacial score (nSPS) is 13.2. The first-order valence-electron chi connectivity index (χ1n) is 17.3. The van der Waals surface area contributed by atoms with E-state index >= 15 is 0 Å². The summed E-state index contributed by atoms with van der Waals surface area (Å²) in [6.07, 6.45) is 0. The van der Waals surface area contributed by atoms with E-state index < -0.39 is 0 Å². The van der Waals surface area contributed by atoms with Crippen LogP contribution in [0.15, 0.2) is 158 Å². The van der Waals surface area contributed by atoms with Crippen LogP contribution in [0.3, 0.4) is 0 Å². The van der Waals surface area contributed by atoms with E-state index in [0.717, 1.165) is 44.9 Å². The predicted molar refractivity (Wildman–Crippen MR) is 207 cm³/mol. The first-order valence-corrected chi connectivity index (χ1v) is 17.3. The van der Waals surface area contributed by atoms with Gasteiger partial charge in [-0.25, -0.2) is 15.0 Å². The van der Waals surface area contributed by atoms with Gasteiger partial charge in [-0.1, -0.05) is 135 Å². The summed E-state index contributed by atoms with van der Waals surface area (Å²) in [6.45, 7) is 4.63. The SMILES string of the molecule is CC1(C)c2ccccc2Oc2c1c1ccccc1c1c3ccccc3n(-c3ccc(-c4nc(-c5ccccc5)nc(-c5ccccc5)n4)cc3)c21. The van der Waals surface area contributed by atoms with Gasteiger partial charge < -0.3 is 9.30 Å². The Morgan fingerprint density at radius 1 is 0.490 bits per heavy atom. The van der Waals surface area contributed by atoms with Gasteiger partial charge in [0.25, 0.3) is 0 Å². The molecule has 0 spiro atoms.